The lowest BCUT2D eigenvalue weighted by atomic mass is 9.81. The molecule has 2 rings (SSSR count). The molecular weight excluding hydrogens is 263 g/mol. The van der Waals surface area contributed by atoms with Crippen molar-refractivity contribution in [1.82, 2.24) is 0 Å². The predicted octanol–water partition coefficient (Wildman–Crippen LogP) is 6.21. The molecule has 0 N–H and O–H groups in total. The molecule has 2 aromatic rings. The van der Waals surface area contributed by atoms with Gasteiger partial charge in [0.25, 0.3) is 0 Å². The quantitative estimate of drug-likeness (QED) is 0.587. The zero-order valence-corrected chi connectivity index (χ0v) is 12.5. The standard InChI is InChI=1S/C16H18Cl2/c1-4-16(2,3)15(18)13-9-10-14(17)12-8-6-5-7-11(12)13/h5-10,15H,4H2,1-3H3. The lowest BCUT2D eigenvalue weighted by Crippen LogP contribution is -2.17. The van der Waals surface area contributed by atoms with Gasteiger partial charge in [-0.1, -0.05) is 62.7 Å². The number of fused-ring (bicyclic) bond motifs is 1. The minimum absolute atomic E-state index is 0.00957. The second-order valence-electron chi connectivity index (χ2n) is 5.39. The monoisotopic (exact) mass is 280 g/mol. The normalized spacial score (nSPS) is 13.8. The summed E-state index contributed by atoms with van der Waals surface area (Å²) < 4.78 is 0. The number of rotatable bonds is 3. The minimum atomic E-state index is -0.00957. The van der Waals surface area contributed by atoms with Crippen LogP contribution in [0.1, 0.15) is 38.1 Å². The van der Waals surface area contributed by atoms with Crippen molar-refractivity contribution in [2.45, 2.75) is 32.6 Å². The van der Waals surface area contributed by atoms with Gasteiger partial charge in [0.05, 0.1) is 5.38 Å². The number of halogens is 2. The third-order valence-electron chi connectivity index (χ3n) is 3.77. The fourth-order valence-electron chi connectivity index (χ4n) is 2.11. The summed E-state index contributed by atoms with van der Waals surface area (Å²) in [4.78, 5) is 0. The van der Waals surface area contributed by atoms with Crippen molar-refractivity contribution in [3.63, 3.8) is 0 Å². The average Bonchev–Trinajstić information content (AvgIpc) is 2.39. The molecule has 0 saturated carbocycles. The van der Waals surface area contributed by atoms with E-state index >= 15 is 0 Å². The molecule has 96 valence electrons. The highest BCUT2D eigenvalue weighted by Gasteiger charge is 2.28. The van der Waals surface area contributed by atoms with E-state index in [0.717, 1.165) is 22.2 Å². The minimum Gasteiger partial charge on any atom is -0.117 e. The maximum atomic E-state index is 6.69. The average molecular weight is 281 g/mol. The van der Waals surface area contributed by atoms with Crippen LogP contribution in [-0.2, 0) is 0 Å². The first kappa shape index (κ1) is 13.7. The van der Waals surface area contributed by atoms with Crippen LogP contribution in [0.25, 0.3) is 10.8 Å². The first-order chi connectivity index (χ1) is 8.47. The van der Waals surface area contributed by atoms with Gasteiger partial charge in [-0.15, -0.1) is 11.6 Å². The highest BCUT2D eigenvalue weighted by molar-refractivity contribution is 6.35. The molecule has 1 unspecified atom stereocenters. The number of hydrogen-bond donors (Lipinski definition) is 0. The van der Waals surface area contributed by atoms with Gasteiger partial charge in [-0.25, -0.2) is 0 Å². The van der Waals surface area contributed by atoms with Crippen LogP contribution in [0.3, 0.4) is 0 Å². The molecule has 0 radical (unpaired) electrons. The van der Waals surface area contributed by atoms with Crippen molar-refractivity contribution < 1.29 is 0 Å². The molecule has 1 atom stereocenters. The van der Waals surface area contributed by atoms with Crippen molar-refractivity contribution >= 4 is 34.0 Å². The van der Waals surface area contributed by atoms with Crippen molar-refractivity contribution in [1.29, 1.82) is 0 Å². The van der Waals surface area contributed by atoms with Crippen molar-refractivity contribution in [3.8, 4) is 0 Å². The Kier molecular flexibility index (Phi) is 3.89. The zero-order chi connectivity index (χ0) is 13.3. The lowest BCUT2D eigenvalue weighted by Gasteiger charge is -2.30. The van der Waals surface area contributed by atoms with Crippen LogP contribution >= 0.6 is 23.2 Å². The Morgan fingerprint density at radius 1 is 1.06 bits per heavy atom. The summed E-state index contributed by atoms with van der Waals surface area (Å²) in [6.07, 6.45) is 1.04. The van der Waals surface area contributed by atoms with Crippen LogP contribution in [-0.4, -0.2) is 0 Å². The Labute approximate surface area is 119 Å². The zero-order valence-electron chi connectivity index (χ0n) is 11.0. The summed E-state index contributed by atoms with van der Waals surface area (Å²) in [5.74, 6) is 0. The largest absolute Gasteiger partial charge is 0.117 e. The number of alkyl halides is 1. The van der Waals surface area contributed by atoms with E-state index in [1.165, 1.54) is 5.56 Å². The summed E-state index contributed by atoms with van der Waals surface area (Å²) in [5.41, 5.74) is 1.24. The van der Waals surface area contributed by atoms with Crippen LogP contribution in [0.15, 0.2) is 36.4 Å². The van der Waals surface area contributed by atoms with E-state index in [0.29, 0.717) is 0 Å². The summed E-state index contributed by atoms with van der Waals surface area (Å²) in [5, 5.41) is 3.01. The van der Waals surface area contributed by atoms with Gasteiger partial charge in [0.2, 0.25) is 0 Å². The second-order valence-corrected chi connectivity index (χ2v) is 6.23. The van der Waals surface area contributed by atoms with E-state index in [9.17, 15) is 0 Å². The summed E-state index contributed by atoms with van der Waals surface area (Å²) in [6.45, 7) is 6.58. The van der Waals surface area contributed by atoms with E-state index in [1.54, 1.807) is 0 Å². The van der Waals surface area contributed by atoms with E-state index in [4.69, 9.17) is 23.2 Å². The Morgan fingerprint density at radius 3 is 2.28 bits per heavy atom. The molecule has 2 aromatic carbocycles. The van der Waals surface area contributed by atoms with Gasteiger partial charge in [-0.05, 0) is 28.9 Å². The Hall–Kier alpha value is -0.720. The predicted molar refractivity (Wildman–Crippen MR) is 81.6 cm³/mol. The first-order valence-corrected chi connectivity index (χ1v) is 7.10. The smallest absolute Gasteiger partial charge is 0.0642 e. The van der Waals surface area contributed by atoms with Gasteiger partial charge >= 0.3 is 0 Å². The molecule has 18 heavy (non-hydrogen) atoms. The van der Waals surface area contributed by atoms with Gasteiger partial charge in [-0.3, -0.25) is 0 Å². The molecule has 0 fully saturated rings. The van der Waals surface area contributed by atoms with Crippen LogP contribution in [0, 0.1) is 5.41 Å². The van der Waals surface area contributed by atoms with Crippen molar-refractivity contribution in [3.05, 3.63) is 47.0 Å². The Balaban J connectivity index is 2.62. The van der Waals surface area contributed by atoms with Gasteiger partial charge in [0.1, 0.15) is 0 Å². The van der Waals surface area contributed by atoms with E-state index < -0.39 is 0 Å². The molecule has 0 aliphatic rings. The van der Waals surface area contributed by atoms with Crippen molar-refractivity contribution in [2.75, 3.05) is 0 Å². The molecule has 0 amide bonds. The third kappa shape index (κ3) is 2.37. The number of hydrogen-bond acceptors (Lipinski definition) is 0. The van der Waals surface area contributed by atoms with Gasteiger partial charge in [0, 0.05) is 10.4 Å². The van der Waals surface area contributed by atoms with Gasteiger partial charge in [0.15, 0.2) is 0 Å². The van der Waals surface area contributed by atoms with Crippen LogP contribution in [0.2, 0.25) is 5.02 Å². The second kappa shape index (κ2) is 5.11. The molecule has 0 nitrogen and oxygen atoms in total. The Bertz CT molecular complexity index is 558. The summed E-state index contributed by atoms with van der Waals surface area (Å²) in [6, 6.07) is 12.2. The highest BCUT2D eigenvalue weighted by atomic mass is 35.5. The van der Waals surface area contributed by atoms with Crippen LogP contribution in [0.4, 0.5) is 0 Å². The molecule has 0 bridgehead atoms. The van der Waals surface area contributed by atoms with Crippen LogP contribution < -0.4 is 0 Å². The molecular formula is C16H18Cl2. The molecule has 0 saturated heterocycles. The topological polar surface area (TPSA) is 0 Å². The summed E-state index contributed by atoms with van der Waals surface area (Å²) in [7, 11) is 0. The molecule has 0 spiro atoms. The molecule has 0 aliphatic heterocycles. The lowest BCUT2D eigenvalue weighted by molar-refractivity contribution is 0.337. The maximum Gasteiger partial charge on any atom is 0.0642 e. The molecule has 0 heterocycles. The van der Waals surface area contributed by atoms with E-state index in [2.05, 4.69) is 32.9 Å². The fraction of sp³-hybridized carbons (Fsp3) is 0.375. The van der Waals surface area contributed by atoms with Gasteiger partial charge in [-0.2, -0.15) is 0 Å². The number of benzene rings is 2. The van der Waals surface area contributed by atoms with E-state index in [-0.39, 0.29) is 10.8 Å². The highest BCUT2D eigenvalue weighted by Crippen LogP contribution is 2.44. The Morgan fingerprint density at radius 2 is 1.67 bits per heavy atom. The first-order valence-electron chi connectivity index (χ1n) is 6.28. The van der Waals surface area contributed by atoms with E-state index in [1.807, 2.05) is 24.3 Å². The third-order valence-corrected chi connectivity index (χ3v) is 4.93. The molecule has 2 heteroatoms. The molecule has 0 aromatic heterocycles. The summed E-state index contributed by atoms with van der Waals surface area (Å²) >= 11 is 12.9. The van der Waals surface area contributed by atoms with Crippen molar-refractivity contribution in [2.24, 2.45) is 5.41 Å². The maximum absolute atomic E-state index is 6.69. The van der Waals surface area contributed by atoms with Gasteiger partial charge < -0.3 is 0 Å². The SMILES string of the molecule is CCC(C)(C)C(Cl)c1ccc(Cl)c2ccccc12. The fourth-order valence-corrected chi connectivity index (χ4v) is 2.68. The molecule has 0 aliphatic carbocycles. The van der Waals surface area contributed by atoms with Crippen LogP contribution in [0.5, 0.6) is 0 Å².